The van der Waals surface area contributed by atoms with Gasteiger partial charge in [-0.25, -0.2) is 4.79 Å². The van der Waals surface area contributed by atoms with Crippen LogP contribution >= 0.6 is 13.5 Å². The highest BCUT2D eigenvalue weighted by Crippen LogP contribution is 2.35. The molecule has 2 heterocycles. The van der Waals surface area contributed by atoms with Gasteiger partial charge in [-0.3, -0.25) is 4.79 Å². The van der Waals surface area contributed by atoms with Gasteiger partial charge < -0.3 is 19.1 Å². The molecule has 1 atom stereocenters. The van der Waals surface area contributed by atoms with Gasteiger partial charge in [0.25, 0.3) is 0 Å². The number of fused-ring (bicyclic) bond motifs is 1. The number of hydrogen-bond acceptors (Lipinski definition) is 5. The highest BCUT2D eigenvalue weighted by atomic mass is 32.1. The molecule has 0 spiro atoms. The minimum atomic E-state index is -0.397. The fourth-order valence-corrected chi connectivity index (χ4v) is 3.36. The number of amides is 1. The van der Waals surface area contributed by atoms with Crippen LogP contribution < -0.4 is 4.74 Å². The molecule has 26 heavy (non-hydrogen) atoms. The molecule has 0 N–H and O–H groups in total. The Bertz CT molecular complexity index is 672. The van der Waals surface area contributed by atoms with Crippen molar-refractivity contribution in [2.24, 2.45) is 5.41 Å². The van der Waals surface area contributed by atoms with Gasteiger partial charge in [-0.1, -0.05) is 13.0 Å². The van der Waals surface area contributed by atoms with Crippen LogP contribution in [0.3, 0.4) is 0 Å². The molecule has 0 aromatic heterocycles. The summed E-state index contributed by atoms with van der Waals surface area (Å²) in [6.45, 7) is 6.15. The molecule has 7 heteroatoms. The second-order valence-corrected chi connectivity index (χ2v) is 7.08. The van der Waals surface area contributed by atoms with Crippen LogP contribution in [0.2, 0.25) is 0 Å². The average molecular weight is 381 g/mol. The summed E-state index contributed by atoms with van der Waals surface area (Å²) in [5.41, 5.74) is 0.967. The van der Waals surface area contributed by atoms with Crippen molar-refractivity contribution in [3.63, 3.8) is 0 Å². The van der Waals surface area contributed by atoms with E-state index in [0.717, 1.165) is 18.4 Å². The van der Waals surface area contributed by atoms with Gasteiger partial charge in [-0.2, -0.15) is 13.5 Å². The first-order valence-corrected chi connectivity index (χ1v) is 8.67. The van der Waals surface area contributed by atoms with Crippen molar-refractivity contribution in [1.82, 2.24) is 4.90 Å². The number of esters is 1. The van der Waals surface area contributed by atoms with Gasteiger partial charge in [-0.15, -0.1) is 0 Å². The van der Waals surface area contributed by atoms with Crippen molar-refractivity contribution in [1.29, 1.82) is 0 Å². The van der Waals surface area contributed by atoms with E-state index >= 15 is 0 Å². The zero-order valence-electron chi connectivity index (χ0n) is 15.5. The molecule has 2 aliphatic heterocycles. The van der Waals surface area contributed by atoms with E-state index in [4.69, 9.17) is 14.2 Å². The molecule has 1 aromatic rings. The van der Waals surface area contributed by atoms with E-state index in [9.17, 15) is 9.59 Å². The number of carbonyl (C=O) groups excluding carboxylic acids is 2. The number of ether oxygens (including phenoxy) is 3. The highest BCUT2D eigenvalue weighted by Gasteiger charge is 2.40. The summed E-state index contributed by atoms with van der Waals surface area (Å²) in [4.78, 5) is 26.8. The van der Waals surface area contributed by atoms with E-state index in [1.54, 1.807) is 12.1 Å². The molecule has 1 fully saturated rings. The smallest absolute Gasteiger partial charge is 0.337 e. The number of carbonyl (C=O) groups is 2. The Kier molecular flexibility index (Phi) is 6.58. The molecule has 0 unspecified atom stereocenters. The fraction of sp³-hybridized carbons (Fsp3) is 0.579. The van der Waals surface area contributed by atoms with Gasteiger partial charge in [0.2, 0.25) is 5.91 Å². The zero-order chi connectivity index (χ0) is 18.0. The SMILES string of the molecule is COC(=O)c1ccc2c(c1)OC[C@H](C)N(C(=O)C1(C)CCOCC1)C2.S. The van der Waals surface area contributed by atoms with E-state index in [1.165, 1.54) is 7.11 Å². The third kappa shape index (κ3) is 3.99. The Morgan fingerprint density at radius 1 is 1.27 bits per heavy atom. The number of methoxy groups -OCH3 is 1. The minimum Gasteiger partial charge on any atom is -0.491 e. The molecular weight excluding hydrogens is 354 g/mol. The summed E-state index contributed by atoms with van der Waals surface area (Å²) >= 11 is 0. The first-order chi connectivity index (χ1) is 11.9. The van der Waals surface area contributed by atoms with Crippen molar-refractivity contribution in [3.05, 3.63) is 29.3 Å². The summed E-state index contributed by atoms with van der Waals surface area (Å²) in [5, 5.41) is 0. The summed E-state index contributed by atoms with van der Waals surface area (Å²) in [5.74, 6) is 0.394. The number of rotatable bonds is 2. The Balaban J connectivity index is 0.00000243. The summed E-state index contributed by atoms with van der Waals surface area (Å²) in [6, 6.07) is 5.20. The Morgan fingerprint density at radius 2 is 1.96 bits per heavy atom. The lowest BCUT2D eigenvalue weighted by molar-refractivity contribution is -0.149. The first-order valence-electron chi connectivity index (χ1n) is 8.67. The zero-order valence-corrected chi connectivity index (χ0v) is 16.5. The lowest BCUT2D eigenvalue weighted by atomic mass is 9.80. The van der Waals surface area contributed by atoms with E-state index in [2.05, 4.69) is 0 Å². The van der Waals surface area contributed by atoms with Crippen LogP contribution in [0.5, 0.6) is 5.75 Å². The highest BCUT2D eigenvalue weighted by molar-refractivity contribution is 7.59. The molecule has 3 rings (SSSR count). The second kappa shape index (κ2) is 8.31. The molecule has 0 aliphatic carbocycles. The third-order valence-electron chi connectivity index (χ3n) is 5.21. The molecule has 0 saturated carbocycles. The van der Waals surface area contributed by atoms with Crippen molar-refractivity contribution >= 4 is 25.4 Å². The van der Waals surface area contributed by atoms with Crippen LogP contribution in [0, 0.1) is 5.41 Å². The van der Waals surface area contributed by atoms with Crippen molar-refractivity contribution in [2.45, 2.75) is 39.3 Å². The maximum Gasteiger partial charge on any atom is 0.337 e. The van der Waals surface area contributed by atoms with Crippen molar-refractivity contribution < 1.29 is 23.8 Å². The fourth-order valence-electron chi connectivity index (χ4n) is 3.36. The van der Waals surface area contributed by atoms with Gasteiger partial charge in [0.15, 0.2) is 0 Å². The average Bonchev–Trinajstić information content (AvgIpc) is 2.79. The maximum absolute atomic E-state index is 13.2. The van der Waals surface area contributed by atoms with Crippen LogP contribution in [0.25, 0.3) is 0 Å². The normalized spacial score (nSPS) is 21.5. The van der Waals surface area contributed by atoms with Gasteiger partial charge in [-0.05, 0) is 31.9 Å². The van der Waals surface area contributed by atoms with Gasteiger partial charge in [0.05, 0.1) is 24.1 Å². The molecule has 1 aromatic carbocycles. The van der Waals surface area contributed by atoms with E-state index in [-0.39, 0.29) is 30.9 Å². The Morgan fingerprint density at radius 3 is 2.62 bits per heavy atom. The minimum absolute atomic E-state index is 0. The van der Waals surface area contributed by atoms with Crippen LogP contribution in [-0.2, 0) is 20.8 Å². The third-order valence-corrected chi connectivity index (χ3v) is 5.21. The molecule has 0 bridgehead atoms. The molecule has 144 valence electrons. The number of benzene rings is 1. The maximum atomic E-state index is 13.2. The summed E-state index contributed by atoms with van der Waals surface area (Å²) < 4.78 is 16.0. The van der Waals surface area contributed by atoms with E-state index < -0.39 is 5.97 Å². The number of hydrogen-bond donors (Lipinski definition) is 0. The monoisotopic (exact) mass is 381 g/mol. The van der Waals surface area contributed by atoms with Gasteiger partial charge in [0.1, 0.15) is 12.4 Å². The Labute approximate surface area is 161 Å². The van der Waals surface area contributed by atoms with Crippen LogP contribution in [0.4, 0.5) is 0 Å². The predicted molar refractivity (Wildman–Crippen MR) is 102 cm³/mol. The van der Waals surface area contributed by atoms with E-state index in [0.29, 0.717) is 37.7 Å². The lowest BCUT2D eigenvalue weighted by Crippen LogP contribution is -2.49. The first kappa shape index (κ1) is 20.6. The molecular formula is C19H27NO5S. The summed E-state index contributed by atoms with van der Waals surface area (Å²) in [6.07, 6.45) is 1.48. The van der Waals surface area contributed by atoms with Crippen molar-refractivity contribution in [2.75, 3.05) is 26.9 Å². The molecule has 0 radical (unpaired) electrons. The van der Waals surface area contributed by atoms with Crippen LogP contribution in [-0.4, -0.2) is 49.7 Å². The van der Waals surface area contributed by atoms with Crippen molar-refractivity contribution in [3.8, 4) is 5.75 Å². The quantitative estimate of drug-likeness (QED) is 0.737. The second-order valence-electron chi connectivity index (χ2n) is 7.08. The molecule has 1 saturated heterocycles. The Hall–Kier alpha value is -1.73. The molecule has 6 nitrogen and oxygen atoms in total. The van der Waals surface area contributed by atoms with Crippen LogP contribution in [0.15, 0.2) is 18.2 Å². The largest absolute Gasteiger partial charge is 0.491 e. The number of nitrogens with zero attached hydrogens (tertiary/aromatic N) is 1. The standard InChI is InChI=1S/C19H25NO5.H2S/c1-13-12-25-16-10-14(17(21)23-3)4-5-15(16)11-20(13)18(22)19(2)6-8-24-9-7-19;/h4-5,10,13H,6-9,11-12H2,1-3H3;1H2/t13-;/m0./s1. The topological polar surface area (TPSA) is 65.1 Å². The summed E-state index contributed by atoms with van der Waals surface area (Å²) in [7, 11) is 1.35. The molecule has 1 amide bonds. The van der Waals surface area contributed by atoms with Gasteiger partial charge in [0, 0.05) is 25.3 Å². The van der Waals surface area contributed by atoms with Crippen LogP contribution in [0.1, 0.15) is 42.6 Å². The lowest BCUT2D eigenvalue weighted by Gasteiger charge is -2.38. The van der Waals surface area contributed by atoms with E-state index in [1.807, 2.05) is 24.8 Å². The predicted octanol–water partition coefficient (Wildman–Crippen LogP) is 2.51. The van der Waals surface area contributed by atoms with Gasteiger partial charge >= 0.3 is 5.97 Å². The molecule has 2 aliphatic rings.